The molecule has 1 aliphatic carbocycles. The van der Waals surface area contributed by atoms with Crippen molar-refractivity contribution in [2.75, 3.05) is 0 Å². The molecule has 1 amide bonds. The summed E-state index contributed by atoms with van der Waals surface area (Å²) in [5.41, 5.74) is 2.73. The molecule has 3 rings (SSSR count). The highest BCUT2D eigenvalue weighted by Gasteiger charge is 2.40. The van der Waals surface area contributed by atoms with Gasteiger partial charge >= 0.3 is 5.97 Å². The normalized spacial score (nSPS) is 16.0. The molecule has 0 atom stereocenters. The standard InChI is InChI=1S/C18H22N2O3/c1-2-12-5-3-6-14-13(11-19-17(12)14)9-15(21)20-18(7-4-8-18)10-16(22)23/h3,5-6,11,19H,2,4,7-10H2,1H3,(H,20,21)(H,22,23). The number of fused-ring (bicyclic) bond motifs is 1. The average molecular weight is 314 g/mol. The molecular weight excluding hydrogens is 292 g/mol. The minimum absolute atomic E-state index is 0.00656. The zero-order chi connectivity index (χ0) is 16.4. The number of hydrogen-bond acceptors (Lipinski definition) is 2. The molecule has 5 nitrogen and oxygen atoms in total. The molecule has 1 saturated carbocycles. The fourth-order valence-electron chi connectivity index (χ4n) is 3.47. The summed E-state index contributed by atoms with van der Waals surface area (Å²) in [5.74, 6) is -0.960. The van der Waals surface area contributed by atoms with Gasteiger partial charge < -0.3 is 15.4 Å². The van der Waals surface area contributed by atoms with Gasteiger partial charge in [0.1, 0.15) is 0 Å². The molecule has 0 spiro atoms. The van der Waals surface area contributed by atoms with E-state index in [1.807, 2.05) is 18.3 Å². The Morgan fingerprint density at radius 3 is 2.70 bits per heavy atom. The molecule has 0 aliphatic heterocycles. The van der Waals surface area contributed by atoms with Crippen molar-refractivity contribution >= 4 is 22.8 Å². The van der Waals surface area contributed by atoms with E-state index in [-0.39, 0.29) is 18.7 Å². The number of nitrogens with one attached hydrogen (secondary N) is 2. The predicted molar refractivity (Wildman–Crippen MR) is 88.4 cm³/mol. The quantitative estimate of drug-likeness (QED) is 0.767. The lowest BCUT2D eigenvalue weighted by atomic mass is 9.74. The van der Waals surface area contributed by atoms with E-state index < -0.39 is 11.5 Å². The molecule has 0 saturated heterocycles. The molecule has 1 aliphatic rings. The second-order valence-corrected chi connectivity index (χ2v) is 6.44. The third-order valence-corrected chi connectivity index (χ3v) is 4.82. The van der Waals surface area contributed by atoms with E-state index >= 15 is 0 Å². The average Bonchev–Trinajstić information content (AvgIpc) is 2.87. The van der Waals surface area contributed by atoms with Crippen LogP contribution in [0.15, 0.2) is 24.4 Å². The Morgan fingerprint density at radius 1 is 1.30 bits per heavy atom. The van der Waals surface area contributed by atoms with Crippen LogP contribution in [0.3, 0.4) is 0 Å². The number of aromatic nitrogens is 1. The van der Waals surface area contributed by atoms with Crippen LogP contribution in [0.25, 0.3) is 10.9 Å². The SMILES string of the molecule is CCc1cccc2c(CC(=O)NC3(CC(=O)O)CCC3)c[nH]c12. The Balaban J connectivity index is 1.74. The van der Waals surface area contributed by atoms with Crippen molar-refractivity contribution in [3.05, 3.63) is 35.5 Å². The van der Waals surface area contributed by atoms with Gasteiger partial charge in [-0.05, 0) is 36.8 Å². The second kappa shape index (κ2) is 6.07. The third kappa shape index (κ3) is 3.09. The number of carbonyl (C=O) groups is 2. The van der Waals surface area contributed by atoms with E-state index in [0.29, 0.717) is 0 Å². The molecule has 0 unspecified atom stereocenters. The first-order valence-electron chi connectivity index (χ1n) is 8.14. The minimum Gasteiger partial charge on any atom is -0.481 e. The molecule has 3 N–H and O–H groups in total. The van der Waals surface area contributed by atoms with Crippen LogP contribution in [-0.2, 0) is 22.4 Å². The first kappa shape index (κ1) is 15.6. The van der Waals surface area contributed by atoms with E-state index in [2.05, 4.69) is 23.3 Å². The second-order valence-electron chi connectivity index (χ2n) is 6.44. The van der Waals surface area contributed by atoms with Gasteiger partial charge in [-0.3, -0.25) is 9.59 Å². The summed E-state index contributed by atoms with van der Waals surface area (Å²) in [6.45, 7) is 2.11. The molecule has 0 radical (unpaired) electrons. The van der Waals surface area contributed by atoms with Crippen molar-refractivity contribution in [3.63, 3.8) is 0 Å². The monoisotopic (exact) mass is 314 g/mol. The highest BCUT2D eigenvalue weighted by atomic mass is 16.4. The number of rotatable bonds is 6. The Hall–Kier alpha value is -2.30. The number of carbonyl (C=O) groups excluding carboxylic acids is 1. The number of H-pyrrole nitrogens is 1. The van der Waals surface area contributed by atoms with Gasteiger partial charge in [0, 0.05) is 17.1 Å². The smallest absolute Gasteiger partial charge is 0.305 e. The van der Waals surface area contributed by atoms with Crippen LogP contribution in [0.1, 0.15) is 43.7 Å². The molecule has 1 aromatic carbocycles. The van der Waals surface area contributed by atoms with Gasteiger partial charge in [0.2, 0.25) is 5.91 Å². The van der Waals surface area contributed by atoms with Gasteiger partial charge in [0.05, 0.1) is 18.4 Å². The predicted octanol–water partition coefficient (Wildman–Crippen LogP) is 2.79. The van der Waals surface area contributed by atoms with E-state index in [1.54, 1.807) is 0 Å². The fourth-order valence-corrected chi connectivity index (χ4v) is 3.47. The summed E-state index contributed by atoms with van der Waals surface area (Å²) in [4.78, 5) is 26.6. The van der Waals surface area contributed by atoms with Crippen LogP contribution >= 0.6 is 0 Å². The largest absolute Gasteiger partial charge is 0.481 e. The first-order valence-corrected chi connectivity index (χ1v) is 8.14. The van der Waals surface area contributed by atoms with E-state index in [4.69, 9.17) is 5.11 Å². The molecule has 23 heavy (non-hydrogen) atoms. The van der Waals surface area contributed by atoms with Crippen LogP contribution in [0.4, 0.5) is 0 Å². The van der Waals surface area contributed by atoms with Crippen LogP contribution in [0, 0.1) is 0 Å². The molecule has 2 aromatic rings. The fraction of sp³-hybridized carbons (Fsp3) is 0.444. The van der Waals surface area contributed by atoms with Crippen LogP contribution in [-0.4, -0.2) is 27.5 Å². The lowest BCUT2D eigenvalue weighted by Gasteiger charge is -2.41. The number of aryl methyl sites for hydroxylation is 1. The van der Waals surface area contributed by atoms with Gasteiger partial charge in [-0.25, -0.2) is 0 Å². The summed E-state index contributed by atoms with van der Waals surface area (Å²) < 4.78 is 0. The summed E-state index contributed by atoms with van der Waals surface area (Å²) in [6, 6.07) is 6.11. The van der Waals surface area contributed by atoms with Gasteiger partial charge in [0.25, 0.3) is 0 Å². The summed E-state index contributed by atoms with van der Waals surface area (Å²) in [6.07, 6.45) is 5.57. The van der Waals surface area contributed by atoms with Gasteiger partial charge in [0.15, 0.2) is 0 Å². The highest BCUT2D eigenvalue weighted by Crippen LogP contribution is 2.35. The lowest BCUT2D eigenvalue weighted by Crippen LogP contribution is -2.55. The molecule has 122 valence electrons. The molecule has 1 fully saturated rings. The summed E-state index contributed by atoms with van der Waals surface area (Å²) in [5, 5.41) is 13.1. The van der Waals surface area contributed by atoms with Crippen LogP contribution in [0.5, 0.6) is 0 Å². The van der Waals surface area contributed by atoms with Crippen molar-refractivity contribution in [2.24, 2.45) is 0 Å². The maximum Gasteiger partial charge on any atom is 0.305 e. The van der Waals surface area contributed by atoms with Crippen molar-refractivity contribution in [2.45, 2.75) is 51.0 Å². The lowest BCUT2D eigenvalue weighted by molar-refractivity contribution is -0.140. The Morgan fingerprint density at radius 2 is 2.09 bits per heavy atom. The molecule has 1 heterocycles. The number of benzene rings is 1. The summed E-state index contributed by atoms with van der Waals surface area (Å²) in [7, 11) is 0. The van der Waals surface area contributed by atoms with Crippen molar-refractivity contribution in [3.8, 4) is 0 Å². The maximum absolute atomic E-state index is 12.4. The minimum atomic E-state index is -0.857. The Kier molecular flexibility index (Phi) is 4.11. The third-order valence-electron chi connectivity index (χ3n) is 4.82. The number of aromatic amines is 1. The number of amides is 1. The molecular formula is C18H22N2O3. The number of para-hydroxylation sites is 1. The van der Waals surface area contributed by atoms with Crippen molar-refractivity contribution in [1.82, 2.24) is 10.3 Å². The zero-order valence-electron chi connectivity index (χ0n) is 13.3. The summed E-state index contributed by atoms with van der Waals surface area (Å²) >= 11 is 0. The number of hydrogen-bond donors (Lipinski definition) is 3. The topological polar surface area (TPSA) is 82.2 Å². The maximum atomic E-state index is 12.4. The van der Waals surface area contributed by atoms with E-state index in [1.165, 1.54) is 5.56 Å². The Bertz CT molecular complexity index is 744. The van der Waals surface area contributed by atoms with E-state index in [9.17, 15) is 9.59 Å². The van der Waals surface area contributed by atoms with Crippen LogP contribution < -0.4 is 5.32 Å². The Labute approximate surface area is 135 Å². The zero-order valence-corrected chi connectivity index (χ0v) is 13.3. The van der Waals surface area contributed by atoms with E-state index in [0.717, 1.165) is 42.1 Å². The molecule has 5 heteroatoms. The number of carboxylic acids is 1. The molecule has 1 aromatic heterocycles. The van der Waals surface area contributed by atoms with Gasteiger partial charge in [-0.15, -0.1) is 0 Å². The molecule has 0 bridgehead atoms. The van der Waals surface area contributed by atoms with Crippen molar-refractivity contribution < 1.29 is 14.7 Å². The number of carboxylic acid groups (broad SMARTS) is 1. The first-order chi connectivity index (χ1) is 11.0. The van der Waals surface area contributed by atoms with Crippen LogP contribution in [0.2, 0.25) is 0 Å². The van der Waals surface area contributed by atoms with Crippen molar-refractivity contribution in [1.29, 1.82) is 0 Å². The van der Waals surface area contributed by atoms with Gasteiger partial charge in [-0.2, -0.15) is 0 Å². The number of aliphatic carboxylic acids is 1. The van der Waals surface area contributed by atoms with Gasteiger partial charge in [-0.1, -0.05) is 25.1 Å². The highest BCUT2D eigenvalue weighted by molar-refractivity contribution is 5.91.